The fourth-order valence-electron chi connectivity index (χ4n) is 1.73. The highest BCUT2D eigenvalue weighted by Crippen LogP contribution is 2.36. The smallest absolute Gasteiger partial charge is 0.313 e. The van der Waals surface area contributed by atoms with Gasteiger partial charge in [-0.25, -0.2) is 0 Å². The monoisotopic (exact) mass is 257 g/mol. The first-order valence-corrected chi connectivity index (χ1v) is 7.05. The molecule has 2 unspecified atom stereocenters. The topological polar surface area (TPSA) is 52.3 Å². The summed E-state index contributed by atoms with van der Waals surface area (Å²) in [5.41, 5.74) is 4.43. The molecule has 0 saturated carbocycles. The van der Waals surface area contributed by atoms with Crippen LogP contribution in [0.1, 0.15) is 67.7 Å². The van der Waals surface area contributed by atoms with E-state index in [1.165, 1.54) is 0 Å². The van der Waals surface area contributed by atoms with Crippen molar-refractivity contribution in [3.63, 3.8) is 0 Å². The normalized spacial score (nSPS) is 17.4. The third kappa shape index (κ3) is 5.38. The van der Waals surface area contributed by atoms with Crippen LogP contribution in [0.3, 0.4) is 0 Å². The second-order valence-corrected chi connectivity index (χ2v) is 6.62. The predicted molar refractivity (Wildman–Crippen MR) is 76.0 cm³/mol. The van der Waals surface area contributed by atoms with Crippen molar-refractivity contribution in [1.82, 2.24) is 0 Å². The lowest BCUT2D eigenvalue weighted by Crippen LogP contribution is -2.44. The van der Waals surface area contributed by atoms with Crippen molar-refractivity contribution in [2.45, 2.75) is 73.5 Å². The van der Waals surface area contributed by atoms with Crippen LogP contribution in [0, 0.1) is 17.3 Å². The van der Waals surface area contributed by atoms with Crippen LogP contribution in [-0.4, -0.2) is 11.7 Å². The molecule has 0 aromatic rings. The van der Waals surface area contributed by atoms with Gasteiger partial charge < -0.3 is 4.74 Å². The molecule has 0 aromatic heterocycles. The van der Waals surface area contributed by atoms with Crippen LogP contribution in [0.5, 0.6) is 0 Å². The van der Waals surface area contributed by atoms with Gasteiger partial charge in [-0.2, -0.15) is 0 Å². The molecule has 0 saturated heterocycles. The van der Waals surface area contributed by atoms with Gasteiger partial charge in [-0.15, -0.1) is 0 Å². The van der Waals surface area contributed by atoms with Gasteiger partial charge in [0.15, 0.2) is 5.72 Å². The number of rotatable bonds is 7. The maximum atomic E-state index is 12.3. The van der Waals surface area contributed by atoms with Crippen LogP contribution in [0.15, 0.2) is 0 Å². The molecule has 0 amide bonds. The standard InChI is InChI=1S/C15H31NO2/c1-8-12(4)9-10-15(7,11(2)3)13(17)18-14(5,6)16/h11-12H,8-10,16H2,1-7H3. The second-order valence-electron chi connectivity index (χ2n) is 6.62. The van der Waals surface area contributed by atoms with Gasteiger partial charge in [0, 0.05) is 0 Å². The summed E-state index contributed by atoms with van der Waals surface area (Å²) in [6.45, 7) is 14.0. The van der Waals surface area contributed by atoms with Gasteiger partial charge in [0.05, 0.1) is 5.41 Å². The first kappa shape index (κ1) is 17.4. The summed E-state index contributed by atoms with van der Waals surface area (Å²) in [6.07, 6.45) is 3.05. The maximum absolute atomic E-state index is 12.3. The van der Waals surface area contributed by atoms with E-state index in [9.17, 15) is 4.79 Å². The number of hydrogen-bond donors (Lipinski definition) is 1. The lowest BCUT2D eigenvalue weighted by Gasteiger charge is -2.35. The molecule has 0 aliphatic carbocycles. The SMILES string of the molecule is CCC(C)CCC(C)(C(=O)OC(C)(C)N)C(C)C. The Morgan fingerprint density at radius 1 is 1.22 bits per heavy atom. The van der Waals surface area contributed by atoms with Crippen molar-refractivity contribution in [1.29, 1.82) is 0 Å². The Kier molecular flexibility index (Phi) is 6.35. The molecular weight excluding hydrogens is 226 g/mol. The van der Waals surface area contributed by atoms with E-state index in [1.807, 2.05) is 6.92 Å². The summed E-state index contributed by atoms with van der Waals surface area (Å²) in [7, 11) is 0. The molecule has 3 heteroatoms. The van der Waals surface area contributed by atoms with Crippen molar-refractivity contribution in [3.8, 4) is 0 Å². The summed E-state index contributed by atoms with van der Waals surface area (Å²) < 4.78 is 5.37. The molecule has 3 nitrogen and oxygen atoms in total. The minimum atomic E-state index is -0.899. The van der Waals surface area contributed by atoms with Crippen LogP contribution >= 0.6 is 0 Å². The summed E-state index contributed by atoms with van der Waals surface area (Å²) in [6, 6.07) is 0. The minimum absolute atomic E-state index is 0.173. The molecule has 0 aliphatic heterocycles. The Hall–Kier alpha value is -0.570. The van der Waals surface area contributed by atoms with Gasteiger partial charge in [0.1, 0.15) is 0 Å². The van der Waals surface area contributed by atoms with E-state index in [0.29, 0.717) is 5.92 Å². The predicted octanol–water partition coefficient (Wildman–Crippen LogP) is 3.71. The van der Waals surface area contributed by atoms with E-state index in [0.717, 1.165) is 19.3 Å². The number of carbonyl (C=O) groups excluding carboxylic acids is 1. The zero-order valence-corrected chi connectivity index (χ0v) is 13.2. The largest absolute Gasteiger partial charge is 0.444 e. The first-order valence-electron chi connectivity index (χ1n) is 7.05. The lowest BCUT2D eigenvalue weighted by molar-refractivity contribution is -0.171. The van der Waals surface area contributed by atoms with E-state index < -0.39 is 11.1 Å². The Morgan fingerprint density at radius 2 is 1.72 bits per heavy atom. The molecule has 0 radical (unpaired) electrons. The Morgan fingerprint density at radius 3 is 2.06 bits per heavy atom. The van der Waals surface area contributed by atoms with Crippen LogP contribution in [0.25, 0.3) is 0 Å². The van der Waals surface area contributed by atoms with Crippen molar-refractivity contribution in [2.24, 2.45) is 23.0 Å². The Bertz CT molecular complexity index is 268. The van der Waals surface area contributed by atoms with E-state index in [2.05, 4.69) is 27.7 Å². The summed E-state index contributed by atoms with van der Waals surface area (Å²) in [4.78, 5) is 12.3. The van der Waals surface area contributed by atoms with Gasteiger partial charge >= 0.3 is 5.97 Å². The fraction of sp³-hybridized carbons (Fsp3) is 0.933. The molecule has 0 aliphatic rings. The average Bonchev–Trinajstić information content (AvgIpc) is 2.22. The highest BCUT2D eigenvalue weighted by molar-refractivity contribution is 5.77. The van der Waals surface area contributed by atoms with Crippen molar-refractivity contribution < 1.29 is 9.53 Å². The van der Waals surface area contributed by atoms with Gasteiger partial charge in [-0.3, -0.25) is 10.5 Å². The number of nitrogens with two attached hydrogens (primary N) is 1. The Labute approximate surface area is 112 Å². The Balaban J connectivity index is 4.76. The average molecular weight is 257 g/mol. The molecule has 0 rings (SSSR count). The molecule has 2 N–H and O–H groups in total. The van der Waals surface area contributed by atoms with Gasteiger partial charge in [0.25, 0.3) is 0 Å². The number of hydrogen-bond acceptors (Lipinski definition) is 3. The van der Waals surface area contributed by atoms with Crippen LogP contribution in [-0.2, 0) is 9.53 Å². The highest BCUT2D eigenvalue weighted by Gasteiger charge is 2.39. The maximum Gasteiger partial charge on any atom is 0.313 e. The minimum Gasteiger partial charge on any atom is -0.444 e. The third-order valence-corrected chi connectivity index (χ3v) is 3.95. The number of ether oxygens (including phenoxy) is 1. The summed E-state index contributed by atoms with van der Waals surface area (Å²) >= 11 is 0. The van der Waals surface area contributed by atoms with Crippen LogP contribution in [0.2, 0.25) is 0 Å². The van der Waals surface area contributed by atoms with Crippen molar-refractivity contribution in [2.75, 3.05) is 0 Å². The quantitative estimate of drug-likeness (QED) is 0.558. The molecule has 0 heterocycles. The first-order chi connectivity index (χ1) is 8.03. The molecule has 108 valence electrons. The molecule has 0 aromatic carbocycles. The van der Waals surface area contributed by atoms with Crippen LogP contribution in [0.4, 0.5) is 0 Å². The van der Waals surface area contributed by atoms with Crippen molar-refractivity contribution >= 4 is 5.97 Å². The van der Waals surface area contributed by atoms with E-state index in [1.54, 1.807) is 13.8 Å². The zero-order valence-electron chi connectivity index (χ0n) is 13.2. The molecular formula is C15H31NO2. The fourth-order valence-corrected chi connectivity index (χ4v) is 1.73. The second kappa shape index (κ2) is 6.55. The van der Waals surface area contributed by atoms with Gasteiger partial charge in [-0.05, 0) is 45.4 Å². The number of carbonyl (C=O) groups is 1. The molecule has 18 heavy (non-hydrogen) atoms. The summed E-state index contributed by atoms with van der Waals surface area (Å²) in [5.74, 6) is 0.714. The molecule has 0 bridgehead atoms. The number of esters is 1. The summed E-state index contributed by atoms with van der Waals surface area (Å²) in [5, 5.41) is 0. The zero-order chi connectivity index (χ0) is 14.6. The van der Waals surface area contributed by atoms with Gasteiger partial charge in [0.2, 0.25) is 0 Å². The molecule has 0 spiro atoms. The molecule has 0 fully saturated rings. The third-order valence-electron chi connectivity index (χ3n) is 3.95. The lowest BCUT2D eigenvalue weighted by atomic mass is 9.74. The van der Waals surface area contributed by atoms with Gasteiger partial charge in [-0.1, -0.05) is 34.1 Å². The van der Waals surface area contributed by atoms with E-state index >= 15 is 0 Å². The molecule has 2 atom stereocenters. The van der Waals surface area contributed by atoms with E-state index in [4.69, 9.17) is 10.5 Å². The van der Waals surface area contributed by atoms with Crippen LogP contribution < -0.4 is 5.73 Å². The van der Waals surface area contributed by atoms with Crippen molar-refractivity contribution in [3.05, 3.63) is 0 Å². The highest BCUT2D eigenvalue weighted by atomic mass is 16.6. The van der Waals surface area contributed by atoms with E-state index in [-0.39, 0.29) is 11.9 Å².